The van der Waals surface area contributed by atoms with Crippen molar-refractivity contribution in [3.8, 4) is 11.4 Å². The first kappa shape index (κ1) is 23.9. The lowest BCUT2D eigenvalue weighted by molar-refractivity contribution is 0.283. The van der Waals surface area contributed by atoms with E-state index in [0.717, 1.165) is 23.1 Å². The van der Waals surface area contributed by atoms with Crippen molar-refractivity contribution in [1.82, 2.24) is 15.0 Å². The van der Waals surface area contributed by atoms with Gasteiger partial charge in [-0.05, 0) is 46.6 Å². The lowest BCUT2D eigenvalue weighted by atomic mass is 9.70. The number of halogens is 1. The first-order valence-electron chi connectivity index (χ1n) is 11.7. The number of hydrogen-bond acceptors (Lipinski definition) is 3. The molecule has 1 heterocycles. The van der Waals surface area contributed by atoms with Crippen LogP contribution in [0.4, 0.5) is 4.39 Å². The van der Waals surface area contributed by atoms with E-state index in [4.69, 9.17) is 0 Å². The van der Waals surface area contributed by atoms with E-state index in [-0.39, 0.29) is 22.4 Å². The third-order valence-corrected chi connectivity index (χ3v) is 6.57. The number of benzene rings is 3. The highest BCUT2D eigenvalue weighted by Crippen LogP contribution is 2.44. The van der Waals surface area contributed by atoms with Crippen LogP contribution in [-0.2, 0) is 10.8 Å². The number of phenols is 1. The predicted octanol–water partition coefficient (Wildman–Crippen LogP) is 7.30. The van der Waals surface area contributed by atoms with Crippen molar-refractivity contribution in [3.63, 3.8) is 0 Å². The molecule has 0 atom stereocenters. The maximum Gasteiger partial charge on any atom is 0.147 e. The standard InChI is InChI=1S/C29H34FN3O/c1-27(2,3)18-28(4,5)20-15-22(29(6,7)19-11-9-8-10-12-19)26(34)25(16-20)33-31-23-14-13-21(30)17-24(23)32-33/h8-17,34H,18H2,1-7H3. The van der Waals surface area contributed by atoms with E-state index < -0.39 is 5.41 Å². The topological polar surface area (TPSA) is 50.9 Å². The summed E-state index contributed by atoms with van der Waals surface area (Å²) in [6.45, 7) is 15.4. The Morgan fingerprint density at radius 3 is 2.09 bits per heavy atom. The van der Waals surface area contributed by atoms with Gasteiger partial charge in [-0.15, -0.1) is 15.0 Å². The van der Waals surface area contributed by atoms with Gasteiger partial charge in [0.25, 0.3) is 0 Å². The van der Waals surface area contributed by atoms with Gasteiger partial charge in [-0.2, -0.15) is 0 Å². The molecule has 3 aromatic carbocycles. The lowest BCUT2D eigenvalue weighted by Gasteiger charge is -2.35. The van der Waals surface area contributed by atoms with Crippen LogP contribution >= 0.6 is 0 Å². The van der Waals surface area contributed by atoms with Gasteiger partial charge in [-0.25, -0.2) is 4.39 Å². The Kier molecular flexibility index (Phi) is 5.79. The molecule has 0 fully saturated rings. The summed E-state index contributed by atoms with van der Waals surface area (Å²) in [6, 6.07) is 18.6. The number of aromatic hydroxyl groups is 1. The molecule has 0 aliphatic heterocycles. The summed E-state index contributed by atoms with van der Waals surface area (Å²) in [7, 11) is 0. The molecule has 0 saturated carbocycles. The van der Waals surface area contributed by atoms with Gasteiger partial charge in [0, 0.05) is 17.0 Å². The zero-order chi connectivity index (χ0) is 24.9. The average molecular weight is 460 g/mol. The van der Waals surface area contributed by atoms with Gasteiger partial charge in [-0.3, -0.25) is 0 Å². The third kappa shape index (κ3) is 4.56. The van der Waals surface area contributed by atoms with Gasteiger partial charge in [-0.1, -0.05) is 84.9 Å². The molecule has 0 aliphatic carbocycles. The van der Waals surface area contributed by atoms with E-state index in [1.54, 1.807) is 6.07 Å². The fourth-order valence-electron chi connectivity index (χ4n) is 5.07. The minimum Gasteiger partial charge on any atom is -0.505 e. The van der Waals surface area contributed by atoms with E-state index >= 15 is 0 Å². The molecular weight excluding hydrogens is 425 g/mol. The molecular formula is C29H34FN3O. The summed E-state index contributed by atoms with van der Waals surface area (Å²) in [5.41, 5.74) is 4.01. The SMILES string of the molecule is CC(C)(C)CC(C)(C)c1cc(-n2nc3ccc(F)cc3n2)c(O)c(C(C)(C)c2ccccc2)c1. The van der Waals surface area contributed by atoms with E-state index in [0.29, 0.717) is 16.7 Å². The normalized spacial score (nSPS) is 12.9. The molecule has 4 nitrogen and oxygen atoms in total. The van der Waals surface area contributed by atoms with Crippen LogP contribution in [0.15, 0.2) is 60.7 Å². The average Bonchev–Trinajstić information content (AvgIpc) is 3.15. The molecule has 178 valence electrons. The molecule has 0 saturated heterocycles. The first-order chi connectivity index (χ1) is 15.8. The van der Waals surface area contributed by atoms with E-state index in [1.807, 2.05) is 24.3 Å². The van der Waals surface area contributed by atoms with Crippen LogP contribution in [0.3, 0.4) is 0 Å². The van der Waals surface area contributed by atoms with Crippen LogP contribution in [0, 0.1) is 11.2 Å². The third-order valence-electron chi connectivity index (χ3n) is 6.57. The summed E-state index contributed by atoms with van der Waals surface area (Å²) in [6.07, 6.45) is 0.954. The Morgan fingerprint density at radius 2 is 1.44 bits per heavy atom. The van der Waals surface area contributed by atoms with Crippen LogP contribution in [0.2, 0.25) is 0 Å². The maximum atomic E-state index is 13.8. The predicted molar refractivity (Wildman–Crippen MR) is 136 cm³/mol. The van der Waals surface area contributed by atoms with E-state index in [1.165, 1.54) is 16.9 Å². The van der Waals surface area contributed by atoms with Gasteiger partial charge in [0.1, 0.15) is 28.3 Å². The highest BCUT2D eigenvalue weighted by molar-refractivity contribution is 5.74. The molecule has 34 heavy (non-hydrogen) atoms. The molecule has 1 N–H and O–H groups in total. The van der Waals surface area contributed by atoms with Crippen molar-refractivity contribution in [2.24, 2.45) is 5.41 Å². The number of phenolic OH excluding ortho intramolecular Hbond substituents is 1. The van der Waals surface area contributed by atoms with Crippen molar-refractivity contribution in [3.05, 3.63) is 83.2 Å². The summed E-state index contributed by atoms with van der Waals surface area (Å²) >= 11 is 0. The number of fused-ring (bicyclic) bond motifs is 1. The van der Waals surface area contributed by atoms with Gasteiger partial charge in [0.2, 0.25) is 0 Å². The quantitative estimate of drug-likeness (QED) is 0.340. The summed E-state index contributed by atoms with van der Waals surface area (Å²) in [5.74, 6) is -0.236. The minimum atomic E-state index is -0.466. The van der Waals surface area contributed by atoms with Gasteiger partial charge in [0.05, 0.1) is 0 Å². The Labute approximate surface area is 201 Å². The van der Waals surface area contributed by atoms with Crippen LogP contribution in [-0.4, -0.2) is 20.1 Å². The first-order valence-corrected chi connectivity index (χ1v) is 11.7. The number of hydrogen-bond donors (Lipinski definition) is 1. The molecule has 4 aromatic rings. The second-order valence-corrected chi connectivity index (χ2v) is 11.6. The maximum absolute atomic E-state index is 13.8. The molecule has 0 spiro atoms. The second kappa shape index (κ2) is 8.23. The molecule has 5 heteroatoms. The summed E-state index contributed by atoms with van der Waals surface area (Å²) < 4.78 is 13.8. The summed E-state index contributed by atoms with van der Waals surface area (Å²) in [4.78, 5) is 1.43. The molecule has 0 bridgehead atoms. The highest BCUT2D eigenvalue weighted by Gasteiger charge is 2.33. The number of rotatable bonds is 5. The fourth-order valence-corrected chi connectivity index (χ4v) is 5.07. The highest BCUT2D eigenvalue weighted by atomic mass is 19.1. The Bertz CT molecular complexity index is 1330. The van der Waals surface area contributed by atoms with Crippen LogP contribution in [0.1, 0.15) is 71.6 Å². The van der Waals surface area contributed by atoms with Crippen LogP contribution in [0.25, 0.3) is 16.7 Å². The largest absolute Gasteiger partial charge is 0.505 e. The zero-order valence-electron chi connectivity index (χ0n) is 21.1. The van der Waals surface area contributed by atoms with Crippen LogP contribution in [0.5, 0.6) is 5.75 Å². The molecule has 0 radical (unpaired) electrons. The van der Waals surface area contributed by atoms with Gasteiger partial charge in [0.15, 0.2) is 0 Å². The molecule has 0 aliphatic rings. The Morgan fingerprint density at radius 1 is 0.794 bits per heavy atom. The molecule has 0 unspecified atom stereocenters. The van der Waals surface area contributed by atoms with Crippen molar-refractivity contribution in [2.75, 3.05) is 0 Å². The zero-order valence-corrected chi connectivity index (χ0v) is 21.1. The van der Waals surface area contributed by atoms with Crippen molar-refractivity contribution >= 4 is 11.0 Å². The van der Waals surface area contributed by atoms with Crippen LogP contribution < -0.4 is 0 Å². The van der Waals surface area contributed by atoms with Crippen molar-refractivity contribution < 1.29 is 9.50 Å². The smallest absolute Gasteiger partial charge is 0.147 e. The van der Waals surface area contributed by atoms with Crippen molar-refractivity contribution in [2.45, 2.75) is 65.7 Å². The monoisotopic (exact) mass is 459 g/mol. The number of aromatic nitrogens is 3. The Hall–Kier alpha value is -3.21. The molecule has 1 aromatic heterocycles. The van der Waals surface area contributed by atoms with E-state index in [9.17, 15) is 9.50 Å². The van der Waals surface area contributed by atoms with E-state index in [2.05, 4.69) is 76.9 Å². The summed E-state index contributed by atoms with van der Waals surface area (Å²) in [5, 5.41) is 20.6. The molecule has 4 rings (SSSR count). The second-order valence-electron chi connectivity index (χ2n) is 11.6. The fraction of sp³-hybridized carbons (Fsp3) is 0.379. The minimum absolute atomic E-state index is 0.118. The van der Waals surface area contributed by atoms with Gasteiger partial charge < -0.3 is 5.11 Å². The van der Waals surface area contributed by atoms with Crippen molar-refractivity contribution in [1.29, 1.82) is 0 Å². The van der Waals surface area contributed by atoms with Gasteiger partial charge >= 0.3 is 0 Å². The Balaban J connectivity index is 1.97. The lowest BCUT2D eigenvalue weighted by Crippen LogP contribution is -2.27. The molecule has 0 amide bonds. The number of nitrogens with zero attached hydrogens (tertiary/aromatic N) is 3.